The molecule has 1 unspecified atom stereocenters. The van der Waals surface area contributed by atoms with E-state index in [4.69, 9.17) is 14.2 Å². The number of carbonyl (C=O) groups excluding carboxylic acids is 3. The second-order valence-electron chi connectivity index (χ2n) is 22.4. The van der Waals surface area contributed by atoms with Crippen molar-refractivity contribution >= 4 is 17.9 Å². The largest absolute Gasteiger partial charge is 0.462 e. The van der Waals surface area contributed by atoms with Crippen LogP contribution in [0.4, 0.5) is 0 Å². The summed E-state index contributed by atoms with van der Waals surface area (Å²) >= 11 is 0. The Morgan fingerprint density at radius 2 is 0.494 bits per heavy atom. The lowest BCUT2D eigenvalue weighted by Crippen LogP contribution is -2.30. The average Bonchev–Trinajstić information content (AvgIpc) is 3.45. The molecule has 0 bridgehead atoms. The van der Waals surface area contributed by atoms with Crippen molar-refractivity contribution in [2.24, 2.45) is 0 Å². The molecule has 1 atom stereocenters. The van der Waals surface area contributed by atoms with Crippen LogP contribution in [-0.4, -0.2) is 37.2 Å². The van der Waals surface area contributed by atoms with E-state index >= 15 is 0 Å². The van der Waals surface area contributed by atoms with Crippen LogP contribution in [0.15, 0.2) is 97.2 Å². The summed E-state index contributed by atoms with van der Waals surface area (Å²) in [7, 11) is 0. The van der Waals surface area contributed by atoms with Crippen LogP contribution >= 0.6 is 0 Å². The van der Waals surface area contributed by atoms with Crippen molar-refractivity contribution < 1.29 is 28.6 Å². The molecule has 0 aliphatic rings. The van der Waals surface area contributed by atoms with Gasteiger partial charge in [-0.2, -0.15) is 0 Å². The Morgan fingerprint density at radius 1 is 0.266 bits per heavy atom. The summed E-state index contributed by atoms with van der Waals surface area (Å²) in [4.78, 5) is 38.1. The van der Waals surface area contributed by atoms with E-state index in [1.54, 1.807) is 0 Å². The smallest absolute Gasteiger partial charge is 0.306 e. The Bertz CT molecular complexity index is 1540. The molecule has 0 aliphatic heterocycles. The predicted molar refractivity (Wildman–Crippen MR) is 344 cm³/mol. The molecule has 0 spiro atoms. The van der Waals surface area contributed by atoms with Gasteiger partial charge in [0.2, 0.25) is 0 Å². The SMILES string of the molecule is CC/C=C\C/C=C\C/C=C\C/C=C\C/C=C\C/C=C\CCCCC(=O)OC(COC(=O)CCCCCCCCC)COC(=O)CCCCCCCCCCCCCCCCCCCCCCC/C=C\C/C=C\CCCCCCC. The number of ether oxygens (including phenoxy) is 3. The van der Waals surface area contributed by atoms with Crippen LogP contribution in [0.3, 0.4) is 0 Å². The number of unbranched alkanes of at least 4 members (excludes halogenated alkanes) is 34. The maximum absolute atomic E-state index is 12.8. The zero-order chi connectivity index (χ0) is 57.1. The second kappa shape index (κ2) is 66.8. The second-order valence-corrected chi connectivity index (χ2v) is 22.4. The normalized spacial score (nSPS) is 12.7. The summed E-state index contributed by atoms with van der Waals surface area (Å²) < 4.78 is 16.8. The molecule has 0 fully saturated rings. The molecule has 0 amide bonds. The predicted octanol–water partition coefficient (Wildman–Crippen LogP) is 23.2. The Balaban J connectivity index is 4.08. The number of carbonyl (C=O) groups is 3. The minimum absolute atomic E-state index is 0.0922. The van der Waals surface area contributed by atoms with Crippen molar-refractivity contribution in [3.63, 3.8) is 0 Å². The number of hydrogen-bond donors (Lipinski definition) is 0. The Hall–Kier alpha value is -3.67. The fourth-order valence-corrected chi connectivity index (χ4v) is 9.54. The third kappa shape index (κ3) is 65.0. The summed E-state index contributed by atoms with van der Waals surface area (Å²) in [5.74, 6) is -0.933. The van der Waals surface area contributed by atoms with Gasteiger partial charge in [0.1, 0.15) is 13.2 Å². The number of allylic oxidation sites excluding steroid dienone is 16. The van der Waals surface area contributed by atoms with Crippen LogP contribution in [0, 0.1) is 0 Å². The minimum Gasteiger partial charge on any atom is -0.462 e. The lowest BCUT2D eigenvalue weighted by Gasteiger charge is -2.18. The molecule has 0 radical (unpaired) electrons. The first kappa shape index (κ1) is 75.3. The van der Waals surface area contributed by atoms with Crippen molar-refractivity contribution in [3.05, 3.63) is 97.2 Å². The van der Waals surface area contributed by atoms with Crippen LogP contribution in [-0.2, 0) is 28.6 Å². The molecule has 0 aromatic carbocycles. The minimum atomic E-state index is -0.798. The molecule has 0 saturated carbocycles. The van der Waals surface area contributed by atoms with E-state index in [0.29, 0.717) is 19.3 Å². The standard InChI is InChI=1S/C73H126O6/c1-4-7-10-13-16-18-20-22-24-26-28-30-31-32-33-34-35-36-37-38-39-40-41-43-44-46-48-50-52-54-57-60-63-66-72(75)78-69-70(68-77-71(74)65-62-59-56-15-12-9-6-3)79-73(76)67-64-61-58-55-53-51-49-47-45-42-29-27-25-23-21-19-17-14-11-8-5-2/h8,11,17,19-20,22-23,25-26,28-29,42,47,49,53,55,70H,4-7,9-10,12-16,18,21,24,27,30-41,43-46,48,50-52,54,56-69H2,1-3H3/b11-8-,19-17-,22-20-,25-23-,28-26-,42-29-,49-47-,55-53-. The molecular formula is C73H126O6. The Kier molecular flexibility index (Phi) is 63.7. The van der Waals surface area contributed by atoms with Gasteiger partial charge < -0.3 is 14.2 Å². The van der Waals surface area contributed by atoms with E-state index in [2.05, 4.69) is 118 Å². The Morgan fingerprint density at radius 3 is 0.797 bits per heavy atom. The van der Waals surface area contributed by atoms with E-state index in [0.717, 1.165) is 96.3 Å². The van der Waals surface area contributed by atoms with Gasteiger partial charge in [-0.25, -0.2) is 0 Å². The molecule has 0 aromatic rings. The highest BCUT2D eigenvalue weighted by Gasteiger charge is 2.19. The van der Waals surface area contributed by atoms with Crippen molar-refractivity contribution in [1.82, 2.24) is 0 Å². The maximum atomic E-state index is 12.8. The fourth-order valence-electron chi connectivity index (χ4n) is 9.54. The van der Waals surface area contributed by atoms with Crippen LogP contribution in [0.2, 0.25) is 0 Å². The first-order chi connectivity index (χ1) is 39.0. The third-order valence-corrected chi connectivity index (χ3v) is 14.6. The van der Waals surface area contributed by atoms with Crippen LogP contribution < -0.4 is 0 Å². The molecular weight excluding hydrogens is 973 g/mol. The van der Waals surface area contributed by atoms with E-state index in [1.165, 1.54) is 186 Å². The molecule has 79 heavy (non-hydrogen) atoms. The average molecular weight is 1100 g/mol. The van der Waals surface area contributed by atoms with Gasteiger partial charge in [-0.1, -0.05) is 304 Å². The molecule has 0 heterocycles. The van der Waals surface area contributed by atoms with Gasteiger partial charge in [0.05, 0.1) is 0 Å². The lowest BCUT2D eigenvalue weighted by molar-refractivity contribution is -0.167. The first-order valence-corrected chi connectivity index (χ1v) is 33.7. The van der Waals surface area contributed by atoms with Gasteiger partial charge in [0.15, 0.2) is 6.10 Å². The van der Waals surface area contributed by atoms with Crippen LogP contribution in [0.5, 0.6) is 0 Å². The van der Waals surface area contributed by atoms with Crippen molar-refractivity contribution in [2.45, 2.75) is 335 Å². The summed E-state index contributed by atoms with van der Waals surface area (Å²) in [6.45, 7) is 6.46. The van der Waals surface area contributed by atoms with Crippen molar-refractivity contribution in [2.75, 3.05) is 13.2 Å². The topological polar surface area (TPSA) is 78.9 Å². The van der Waals surface area contributed by atoms with Crippen LogP contribution in [0.1, 0.15) is 329 Å². The quantitative estimate of drug-likeness (QED) is 0.0261. The molecule has 0 rings (SSSR count). The number of hydrogen-bond acceptors (Lipinski definition) is 6. The van der Waals surface area contributed by atoms with Gasteiger partial charge in [-0.05, 0) is 103 Å². The lowest BCUT2D eigenvalue weighted by atomic mass is 10.0. The molecule has 0 N–H and O–H groups in total. The first-order valence-electron chi connectivity index (χ1n) is 33.7. The zero-order valence-corrected chi connectivity index (χ0v) is 52.1. The van der Waals surface area contributed by atoms with E-state index < -0.39 is 6.10 Å². The highest BCUT2D eigenvalue weighted by atomic mass is 16.6. The molecule has 0 saturated heterocycles. The Labute approximate surface area is 489 Å². The summed E-state index contributed by atoms with van der Waals surface area (Å²) in [6.07, 6.45) is 90.4. The van der Waals surface area contributed by atoms with Gasteiger partial charge in [0.25, 0.3) is 0 Å². The molecule has 6 nitrogen and oxygen atoms in total. The summed E-state index contributed by atoms with van der Waals surface area (Å²) in [6, 6.07) is 0. The van der Waals surface area contributed by atoms with E-state index in [9.17, 15) is 14.4 Å². The number of esters is 3. The zero-order valence-electron chi connectivity index (χ0n) is 52.1. The molecule has 0 aromatic heterocycles. The molecule has 454 valence electrons. The van der Waals surface area contributed by atoms with Gasteiger partial charge in [-0.3, -0.25) is 14.4 Å². The molecule has 0 aliphatic carbocycles. The summed E-state index contributed by atoms with van der Waals surface area (Å²) in [5, 5.41) is 0. The van der Waals surface area contributed by atoms with Crippen molar-refractivity contribution in [3.8, 4) is 0 Å². The van der Waals surface area contributed by atoms with Gasteiger partial charge in [0, 0.05) is 19.3 Å². The monoisotopic (exact) mass is 1100 g/mol. The fraction of sp³-hybridized carbons (Fsp3) is 0.740. The third-order valence-electron chi connectivity index (χ3n) is 14.6. The van der Waals surface area contributed by atoms with Crippen LogP contribution in [0.25, 0.3) is 0 Å². The molecule has 6 heteroatoms. The maximum Gasteiger partial charge on any atom is 0.306 e. The highest BCUT2D eigenvalue weighted by Crippen LogP contribution is 2.17. The van der Waals surface area contributed by atoms with Gasteiger partial charge >= 0.3 is 17.9 Å². The van der Waals surface area contributed by atoms with Gasteiger partial charge in [-0.15, -0.1) is 0 Å². The van der Waals surface area contributed by atoms with E-state index in [1.807, 2.05) is 0 Å². The van der Waals surface area contributed by atoms with E-state index in [-0.39, 0.29) is 37.5 Å². The number of rotatable bonds is 61. The van der Waals surface area contributed by atoms with Crippen molar-refractivity contribution in [1.29, 1.82) is 0 Å². The summed E-state index contributed by atoms with van der Waals surface area (Å²) in [5.41, 5.74) is 0. The highest BCUT2D eigenvalue weighted by molar-refractivity contribution is 5.71.